The first-order valence-corrected chi connectivity index (χ1v) is 6.34. The fourth-order valence-corrected chi connectivity index (χ4v) is 2.06. The van der Waals surface area contributed by atoms with Gasteiger partial charge in [-0.2, -0.15) is 0 Å². The average Bonchev–Trinajstić information content (AvgIpc) is 2.40. The molecule has 0 aliphatic rings. The van der Waals surface area contributed by atoms with Gasteiger partial charge in [-0.1, -0.05) is 34.8 Å². The Morgan fingerprint density at radius 2 is 1.85 bits per heavy atom. The van der Waals surface area contributed by atoms with Crippen LogP contribution in [0, 0.1) is 10.1 Å². The standard InChI is InChI=1S/C12H5Cl3N2O3/c13-6-1-2-8(14)7(5-6)12(18)11-9(17(19)20)3-4-10(15)16-11/h1-5H. The zero-order valence-corrected chi connectivity index (χ0v) is 11.9. The molecular weight excluding hydrogens is 327 g/mol. The van der Waals surface area contributed by atoms with Gasteiger partial charge in [-0.3, -0.25) is 14.9 Å². The fourth-order valence-electron chi connectivity index (χ4n) is 1.54. The van der Waals surface area contributed by atoms with Gasteiger partial charge in [0.25, 0.3) is 5.69 Å². The Morgan fingerprint density at radius 1 is 1.15 bits per heavy atom. The van der Waals surface area contributed by atoms with Gasteiger partial charge in [0, 0.05) is 16.7 Å². The number of ketones is 1. The Morgan fingerprint density at radius 3 is 2.50 bits per heavy atom. The molecule has 0 atom stereocenters. The minimum atomic E-state index is -0.716. The molecule has 20 heavy (non-hydrogen) atoms. The van der Waals surface area contributed by atoms with Crippen molar-refractivity contribution in [1.29, 1.82) is 0 Å². The maximum atomic E-state index is 12.3. The molecule has 0 saturated heterocycles. The lowest BCUT2D eigenvalue weighted by molar-refractivity contribution is -0.385. The molecule has 0 bridgehead atoms. The molecule has 1 heterocycles. The highest BCUT2D eigenvalue weighted by Gasteiger charge is 2.25. The number of hydrogen-bond acceptors (Lipinski definition) is 4. The van der Waals surface area contributed by atoms with Gasteiger partial charge in [-0.05, 0) is 24.3 Å². The van der Waals surface area contributed by atoms with Gasteiger partial charge in [-0.15, -0.1) is 0 Å². The molecule has 0 spiro atoms. The minimum Gasteiger partial charge on any atom is -0.287 e. The molecule has 0 N–H and O–H groups in total. The van der Waals surface area contributed by atoms with E-state index in [1.807, 2.05) is 0 Å². The van der Waals surface area contributed by atoms with Crippen LogP contribution in [0.15, 0.2) is 30.3 Å². The molecule has 8 heteroatoms. The van der Waals surface area contributed by atoms with Gasteiger partial charge in [0.2, 0.25) is 5.78 Å². The van der Waals surface area contributed by atoms with Crippen LogP contribution in [0.25, 0.3) is 0 Å². The monoisotopic (exact) mass is 330 g/mol. The summed E-state index contributed by atoms with van der Waals surface area (Å²) in [4.78, 5) is 26.3. The third-order valence-corrected chi connectivity index (χ3v) is 3.20. The number of pyridine rings is 1. The largest absolute Gasteiger partial charge is 0.299 e. The smallest absolute Gasteiger partial charge is 0.287 e. The topological polar surface area (TPSA) is 73.1 Å². The van der Waals surface area contributed by atoms with Crippen LogP contribution in [0.5, 0.6) is 0 Å². The Hall–Kier alpha value is -1.69. The maximum Gasteiger partial charge on any atom is 0.299 e. The number of aromatic nitrogens is 1. The predicted molar refractivity (Wildman–Crippen MR) is 75.8 cm³/mol. The molecule has 0 amide bonds. The molecule has 2 aromatic rings. The number of nitro groups is 1. The first kappa shape index (κ1) is 14.7. The SMILES string of the molecule is O=C(c1cc(Cl)ccc1Cl)c1nc(Cl)ccc1[N+](=O)[O-]. The molecule has 2 rings (SSSR count). The third kappa shape index (κ3) is 2.90. The number of benzene rings is 1. The molecule has 102 valence electrons. The Bertz CT molecular complexity index is 719. The second kappa shape index (κ2) is 5.75. The van der Waals surface area contributed by atoms with Crippen molar-refractivity contribution < 1.29 is 9.72 Å². The number of nitrogens with zero attached hydrogens (tertiary/aromatic N) is 2. The zero-order chi connectivity index (χ0) is 14.9. The van der Waals surface area contributed by atoms with E-state index in [0.717, 1.165) is 6.07 Å². The molecule has 0 saturated carbocycles. The molecule has 5 nitrogen and oxygen atoms in total. The molecule has 0 fully saturated rings. The molecule has 1 aromatic heterocycles. The predicted octanol–water partition coefficient (Wildman–Crippen LogP) is 4.18. The summed E-state index contributed by atoms with van der Waals surface area (Å²) >= 11 is 17.4. The second-order valence-corrected chi connectivity index (χ2v) is 4.94. The van der Waals surface area contributed by atoms with Gasteiger partial charge in [-0.25, -0.2) is 4.98 Å². The van der Waals surface area contributed by atoms with Crippen molar-refractivity contribution in [2.24, 2.45) is 0 Å². The quantitative estimate of drug-likeness (QED) is 0.366. The number of rotatable bonds is 3. The van der Waals surface area contributed by atoms with Gasteiger partial charge in [0.15, 0.2) is 5.69 Å². The van der Waals surface area contributed by atoms with E-state index in [1.165, 1.54) is 24.3 Å². The second-order valence-electron chi connectivity index (χ2n) is 3.71. The van der Waals surface area contributed by atoms with E-state index in [2.05, 4.69) is 4.98 Å². The number of carbonyl (C=O) groups excluding carboxylic acids is 1. The molecule has 0 radical (unpaired) electrons. The summed E-state index contributed by atoms with van der Waals surface area (Å²) in [7, 11) is 0. The highest BCUT2D eigenvalue weighted by atomic mass is 35.5. The van der Waals surface area contributed by atoms with Crippen molar-refractivity contribution in [3.63, 3.8) is 0 Å². The molecule has 0 aliphatic carbocycles. The molecule has 0 aliphatic heterocycles. The summed E-state index contributed by atoms with van der Waals surface area (Å²) < 4.78 is 0. The molecule has 0 unspecified atom stereocenters. The lowest BCUT2D eigenvalue weighted by Gasteiger charge is -2.05. The van der Waals surface area contributed by atoms with Crippen molar-refractivity contribution in [2.75, 3.05) is 0 Å². The zero-order valence-electron chi connectivity index (χ0n) is 9.64. The van der Waals surface area contributed by atoms with Crippen LogP contribution in [-0.4, -0.2) is 15.7 Å². The summed E-state index contributed by atoms with van der Waals surface area (Å²) in [5, 5.41) is 11.3. The normalized spacial score (nSPS) is 10.3. The van der Waals surface area contributed by atoms with Gasteiger partial charge in [0.1, 0.15) is 5.15 Å². The molecule has 1 aromatic carbocycles. The van der Waals surface area contributed by atoms with Crippen LogP contribution in [0.3, 0.4) is 0 Å². The number of halogens is 3. The summed E-state index contributed by atoms with van der Waals surface area (Å²) in [6, 6.07) is 6.59. The maximum absolute atomic E-state index is 12.3. The van der Waals surface area contributed by atoms with Gasteiger partial charge >= 0.3 is 0 Å². The summed E-state index contributed by atoms with van der Waals surface area (Å²) in [6.45, 7) is 0. The van der Waals surface area contributed by atoms with E-state index >= 15 is 0 Å². The first-order valence-electron chi connectivity index (χ1n) is 5.21. The van der Waals surface area contributed by atoms with E-state index in [4.69, 9.17) is 34.8 Å². The minimum absolute atomic E-state index is 0.0250. The number of hydrogen-bond donors (Lipinski definition) is 0. The van der Waals surface area contributed by atoms with Crippen LogP contribution < -0.4 is 0 Å². The lowest BCUT2D eigenvalue weighted by Crippen LogP contribution is -2.09. The van der Waals surface area contributed by atoms with Crippen LogP contribution in [0.4, 0.5) is 5.69 Å². The summed E-state index contributed by atoms with van der Waals surface area (Å²) in [5.74, 6) is -0.716. The van der Waals surface area contributed by atoms with Gasteiger partial charge < -0.3 is 0 Å². The van der Waals surface area contributed by atoms with E-state index in [1.54, 1.807) is 0 Å². The summed E-state index contributed by atoms with van der Waals surface area (Å²) in [6.07, 6.45) is 0. The van der Waals surface area contributed by atoms with Crippen molar-refractivity contribution in [3.8, 4) is 0 Å². The fraction of sp³-hybridized carbons (Fsp3) is 0. The first-order chi connectivity index (χ1) is 9.40. The molecular formula is C12H5Cl3N2O3. The van der Waals surface area contributed by atoms with Crippen LogP contribution >= 0.6 is 34.8 Å². The Labute approximate surface area is 128 Å². The van der Waals surface area contributed by atoms with E-state index < -0.39 is 16.4 Å². The van der Waals surface area contributed by atoms with Crippen LogP contribution in [0.2, 0.25) is 15.2 Å². The van der Waals surface area contributed by atoms with Crippen molar-refractivity contribution in [2.45, 2.75) is 0 Å². The van der Waals surface area contributed by atoms with Crippen LogP contribution in [0.1, 0.15) is 16.1 Å². The highest BCUT2D eigenvalue weighted by molar-refractivity contribution is 6.37. The lowest BCUT2D eigenvalue weighted by atomic mass is 10.1. The van der Waals surface area contributed by atoms with Gasteiger partial charge in [0.05, 0.1) is 9.95 Å². The third-order valence-electron chi connectivity index (χ3n) is 2.42. The average molecular weight is 332 g/mol. The van der Waals surface area contributed by atoms with Crippen molar-refractivity contribution in [1.82, 2.24) is 4.98 Å². The van der Waals surface area contributed by atoms with E-state index in [9.17, 15) is 14.9 Å². The van der Waals surface area contributed by atoms with Crippen molar-refractivity contribution >= 4 is 46.3 Å². The summed E-state index contributed by atoms with van der Waals surface area (Å²) in [5.41, 5.74) is -0.806. The Balaban J connectivity index is 2.61. The van der Waals surface area contributed by atoms with E-state index in [0.29, 0.717) is 0 Å². The Kier molecular flexibility index (Phi) is 4.23. The number of carbonyl (C=O) groups is 1. The van der Waals surface area contributed by atoms with E-state index in [-0.39, 0.29) is 26.5 Å². The van der Waals surface area contributed by atoms with Crippen molar-refractivity contribution in [3.05, 3.63) is 66.9 Å². The van der Waals surface area contributed by atoms with Crippen LogP contribution in [-0.2, 0) is 0 Å². The highest BCUT2D eigenvalue weighted by Crippen LogP contribution is 2.27.